The number of nitriles is 2. The molecule has 0 aliphatic carbocycles. The molecule has 0 bridgehead atoms. The van der Waals surface area contributed by atoms with Gasteiger partial charge in [0.15, 0.2) is 5.78 Å². The highest BCUT2D eigenvalue weighted by atomic mass is 35.5. The molecular formula is C63H46BCl2F12N9O7. The molecule has 6 aromatic heterocycles. The van der Waals surface area contributed by atoms with E-state index in [0.29, 0.717) is 85.5 Å². The normalized spacial score (nSPS) is 11.1. The third kappa shape index (κ3) is 24.4. The Hall–Kier alpha value is -10.3. The van der Waals surface area contributed by atoms with Crippen molar-refractivity contribution < 1.29 is 86.5 Å². The number of ether oxygens (including phenoxy) is 4. The minimum Gasteiger partial charge on any atom is -0.423 e. The fourth-order valence-electron chi connectivity index (χ4n) is 7.86. The molecule has 4 aromatic carbocycles. The van der Waals surface area contributed by atoms with Gasteiger partial charge in [0.2, 0.25) is 0 Å². The highest BCUT2D eigenvalue weighted by Crippen LogP contribution is 2.30. The van der Waals surface area contributed by atoms with Gasteiger partial charge in [-0.15, -0.1) is 52.7 Å². The van der Waals surface area contributed by atoms with Crippen molar-refractivity contribution in [1.82, 2.24) is 29.5 Å². The van der Waals surface area contributed by atoms with Gasteiger partial charge in [-0.1, -0.05) is 54.4 Å². The van der Waals surface area contributed by atoms with E-state index in [-0.39, 0.29) is 34.9 Å². The zero-order valence-corrected chi connectivity index (χ0v) is 49.7. The summed E-state index contributed by atoms with van der Waals surface area (Å²) in [5.41, 5.74) is 14.1. The molecule has 0 saturated carbocycles. The van der Waals surface area contributed by atoms with Gasteiger partial charge in [0.1, 0.15) is 40.3 Å². The number of aromatic nitrogens is 6. The van der Waals surface area contributed by atoms with Crippen molar-refractivity contribution in [1.29, 1.82) is 10.5 Å². The molecule has 4 N–H and O–H groups in total. The van der Waals surface area contributed by atoms with Gasteiger partial charge in [0, 0.05) is 65.7 Å². The average Bonchev–Trinajstić information content (AvgIpc) is 1.63. The molecule has 0 aliphatic rings. The number of Topliss-reactive ketones (excluding diaryl/α,β-unsaturated/α-hetero) is 1. The summed E-state index contributed by atoms with van der Waals surface area (Å²) in [5, 5.41) is 39.6. The van der Waals surface area contributed by atoms with Crippen molar-refractivity contribution >= 4 is 47.1 Å². The average molecular weight is 1350 g/mol. The summed E-state index contributed by atoms with van der Waals surface area (Å²) < 4.78 is 161. The van der Waals surface area contributed by atoms with Gasteiger partial charge in [-0.2, -0.15) is 15.6 Å². The molecule has 0 saturated heterocycles. The van der Waals surface area contributed by atoms with Crippen LogP contribution in [0.25, 0.3) is 39.3 Å². The van der Waals surface area contributed by atoms with Crippen molar-refractivity contribution in [2.45, 2.75) is 58.2 Å². The minimum absolute atomic E-state index is 0.0200. The lowest BCUT2D eigenvalue weighted by molar-refractivity contribution is -0.275. The number of carbonyl (C=O) groups excluding carboxylic acids is 1. The number of hydrogen-bond donors (Lipinski definition) is 3. The minimum atomic E-state index is -4.74. The summed E-state index contributed by atoms with van der Waals surface area (Å²) in [5.74, 6) is -1.25. The molecule has 0 unspecified atom stereocenters. The monoisotopic (exact) mass is 1350 g/mol. The van der Waals surface area contributed by atoms with Gasteiger partial charge in [-0.3, -0.25) is 19.7 Å². The predicted octanol–water partition coefficient (Wildman–Crippen LogP) is 14.8. The van der Waals surface area contributed by atoms with Crippen LogP contribution in [0, 0.1) is 22.7 Å². The molecule has 16 nitrogen and oxygen atoms in total. The van der Waals surface area contributed by atoms with Crippen LogP contribution in [0.1, 0.15) is 51.7 Å². The molecular weight excluding hydrogens is 1300 g/mol. The van der Waals surface area contributed by atoms with Crippen LogP contribution < -0.4 is 30.1 Å². The van der Waals surface area contributed by atoms with E-state index in [1.165, 1.54) is 85.2 Å². The van der Waals surface area contributed by atoms with Crippen LogP contribution in [-0.4, -0.2) is 77.9 Å². The van der Waals surface area contributed by atoms with Crippen LogP contribution in [0.5, 0.6) is 23.0 Å². The van der Waals surface area contributed by atoms with Crippen LogP contribution in [0.3, 0.4) is 0 Å². The number of alkyl halides is 12. The standard InChI is InChI=1S/C24H19ClF3N3O2.C13H11F3N2O.C13H7F3N2O.C7H6BF3O3.C6H3ClN2/c1-2-19-23(21-13-17(25)11-12-31(21)30-19)22(32)10-4-15-3-9-20(29-14-15)16-5-7-18(8-6-16)33-24(26,27)28;2*14-13(15,16)19-11-4-2-10(3-5-11)12-6-1-9(7-17)8-18-12;9-7(10,11)14-6-3-1-5(2-4-6)8(12)13;7-6-2-1-5(3-8)4-9-6/h3,5-9,11-14H,2,4,10H2,1H3;1-6,8H,7,17H2;1-6,8H;1-4,12-13H;1-2,4H. The lowest BCUT2D eigenvalue weighted by Crippen LogP contribution is -2.29. The lowest BCUT2D eigenvalue weighted by atomic mass is 9.80. The van der Waals surface area contributed by atoms with E-state index < -0.39 is 38.3 Å². The lowest BCUT2D eigenvalue weighted by Gasteiger charge is -2.09. The maximum Gasteiger partial charge on any atom is 0.573 e. The first-order valence-corrected chi connectivity index (χ1v) is 27.6. The smallest absolute Gasteiger partial charge is 0.423 e. The third-order valence-corrected chi connectivity index (χ3v) is 12.6. The third-order valence-electron chi connectivity index (χ3n) is 12.1. The number of rotatable bonds is 14. The fraction of sp³-hybridized carbons (Fsp3) is 0.143. The van der Waals surface area contributed by atoms with Gasteiger partial charge < -0.3 is 34.7 Å². The molecule has 0 amide bonds. The number of fused-ring (bicyclic) bond motifs is 1. The molecule has 10 rings (SSSR count). The molecule has 94 heavy (non-hydrogen) atoms. The number of nitrogens with two attached hydrogens (primary N) is 1. The molecule has 0 aliphatic heterocycles. The molecule has 486 valence electrons. The van der Waals surface area contributed by atoms with Crippen LogP contribution in [0.15, 0.2) is 189 Å². The van der Waals surface area contributed by atoms with Crippen LogP contribution >= 0.6 is 23.2 Å². The first-order chi connectivity index (χ1) is 44.4. The highest BCUT2D eigenvalue weighted by molar-refractivity contribution is 6.58. The fourth-order valence-corrected chi connectivity index (χ4v) is 8.13. The molecule has 6 heterocycles. The number of pyridine rings is 5. The van der Waals surface area contributed by atoms with Crippen LogP contribution in [0.2, 0.25) is 10.2 Å². The number of hydrogen-bond acceptors (Lipinski definition) is 15. The second kappa shape index (κ2) is 33.3. The molecule has 0 radical (unpaired) electrons. The molecule has 0 spiro atoms. The van der Waals surface area contributed by atoms with Gasteiger partial charge in [-0.05, 0) is 163 Å². The topological polar surface area (TPSA) is 237 Å². The summed E-state index contributed by atoms with van der Waals surface area (Å²) in [7, 11) is -1.70. The molecule has 31 heteroatoms. The summed E-state index contributed by atoms with van der Waals surface area (Å²) in [6, 6.07) is 41.6. The Morgan fingerprint density at radius 3 is 1.28 bits per heavy atom. The van der Waals surface area contributed by atoms with Gasteiger partial charge in [0.05, 0.1) is 45.0 Å². The second-order valence-electron chi connectivity index (χ2n) is 18.8. The van der Waals surface area contributed by atoms with Gasteiger partial charge >= 0.3 is 32.6 Å². The van der Waals surface area contributed by atoms with Crippen molar-refractivity contribution in [3.8, 4) is 68.9 Å². The van der Waals surface area contributed by atoms with E-state index in [0.717, 1.165) is 41.1 Å². The van der Waals surface area contributed by atoms with E-state index in [2.05, 4.69) is 44.0 Å². The first kappa shape index (κ1) is 72.8. The summed E-state index contributed by atoms with van der Waals surface area (Å²) in [6.45, 7) is 2.34. The number of aryl methyl sites for hydroxylation is 2. The highest BCUT2D eigenvalue weighted by Gasteiger charge is 2.33. The van der Waals surface area contributed by atoms with Crippen LogP contribution in [0.4, 0.5) is 52.7 Å². The maximum absolute atomic E-state index is 13.0. The van der Waals surface area contributed by atoms with Crippen molar-refractivity contribution in [3.05, 3.63) is 232 Å². The summed E-state index contributed by atoms with van der Waals surface area (Å²) in [6.07, 6.45) is -9.58. The maximum atomic E-state index is 13.0. The number of benzene rings is 4. The molecule has 0 fully saturated rings. The number of ketones is 1. The summed E-state index contributed by atoms with van der Waals surface area (Å²) >= 11 is 11.6. The zero-order chi connectivity index (χ0) is 68.8. The predicted molar refractivity (Wildman–Crippen MR) is 321 cm³/mol. The Labute approximate surface area is 536 Å². The van der Waals surface area contributed by atoms with E-state index in [4.69, 9.17) is 49.5 Å². The second-order valence-corrected chi connectivity index (χ2v) is 19.6. The Bertz CT molecular complexity index is 4120. The van der Waals surface area contributed by atoms with Crippen LogP contribution in [-0.2, 0) is 19.4 Å². The molecule has 10 aromatic rings. The van der Waals surface area contributed by atoms with E-state index in [1.807, 2.05) is 31.2 Å². The number of carbonyl (C=O) groups is 1. The number of nitrogens with zero attached hydrogens (tertiary/aromatic N) is 8. The Balaban J connectivity index is 0.000000199. The zero-order valence-electron chi connectivity index (χ0n) is 48.2. The largest absolute Gasteiger partial charge is 0.573 e. The van der Waals surface area contributed by atoms with Crippen molar-refractivity contribution in [3.63, 3.8) is 0 Å². The van der Waals surface area contributed by atoms with Crippen molar-refractivity contribution in [2.75, 3.05) is 0 Å². The van der Waals surface area contributed by atoms with E-state index in [1.54, 1.807) is 71.6 Å². The van der Waals surface area contributed by atoms with E-state index in [9.17, 15) is 57.5 Å². The summed E-state index contributed by atoms with van der Waals surface area (Å²) in [4.78, 5) is 29.3. The van der Waals surface area contributed by atoms with Gasteiger partial charge in [-0.25, -0.2) is 9.50 Å². The van der Waals surface area contributed by atoms with Crippen molar-refractivity contribution in [2.24, 2.45) is 5.73 Å². The molecule has 0 atom stereocenters. The van der Waals surface area contributed by atoms with E-state index >= 15 is 0 Å². The Morgan fingerprint density at radius 1 is 0.543 bits per heavy atom. The Kier molecular flexibility index (Phi) is 25.8. The number of halogens is 14. The quantitative estimate of drug-likeness (QED) is 0.0397. The Morgan fingerprint density at radius 2 is 0.936 bits per heavy atom. The van der Waals surface area contributed by atoms with Gasteiger partial charge in [0.25, 0.3) is 0 Å². The first-order valence-electron chi connectivity index (χ1n) is 26.9. The SMILES string of the molecule is CCc1nn2ccc(Cl)cc2c1C(=O)CCc1ccc(-c2ccc(OC(F)(F)F)cc2)nc1.N#Cc1ccc(-c2ccc(OC(F)(F)F)cc2)nc1.N#Cc1ccc(Cl)nc1.NCc1ccc(-c2ccc(OC(F)(F)F)cc2)nc1.OB(O)c1ccc(OC(F)(F)F)cc1.